The Morgan fingerprint density at radius 3 is 2.50 bits per heavy atom. The van der Waals surface area contributed by atoms with E-state index in [0.29, 0.717) is 12.0 Å². The first-order valence-electron chi connectivity index (χ1n) is 6.38. The molecule has 0 unspecified atom stereocenters. The molecule has 0 atom stereocenters. The lowest BCUT2D eigenvalue weighted by Crippen LogP contribution is -2.23. The smallest absolute Gasteiger partial charge is 0.0718 e. The number of aliphatic carboxylic acids is 1. The largest absolute Gasteiger partial charge is 0.545 e. The first kappa shape index (κ1) is 14.5. The number of allylic oxidation sites excluding steroid dienone is 1. The van der Waals surface area contributed by atoms with Crippen molar-refractivity contribution in [1.82, 2.24) is 0 Å². The second kappa shape index (κ2) is 7.06. The van der Waals surface area contributed by atoms with Crippen LogP contribution in [0.5, 0.6) is 0 Å². The highest BCUT2D eigenvalue weighted by molar-refractivity contribution is 9.10. The van der Waals surface area contributed by atoms with Gasteiger partial charge in [-0.1, -0.05) is 64.5 Å². The van der Waals surface area contributed by atoms with Gasteiger partial charge in [0.25, 0.3) is 0 Å². The monoisotopic (exact) mass is 329 g/mol. The molecule has 3 heteroatoms. The van der Waals surface area contributed by atoms with Crippen LogP contribution in [0, 0.1) is 0 Å². The van der Waals surface area contributed by atoms with Crippen molar-refractivity contribution < 1.29 is 9.90 Å². The average molecular weight is 330 g/mol. The molecular formula is C17H14BrO2-. The minimum absolute atomic E-state index is 0.238. The molecule has 0 N–H and O–H groups in total. The lowest BCUT2D eigenvalue weighted by atomic mass is 10.0. The second-order valence-electron chi connectivity index (χ2n) is 4.44. The van der Waals surface area contributed by atoms with E-state index in [2.05, 4.69) is 15.9 Å². The zero-order valence-corrected chi connectivity index (χ0v) is 12.5. The van der Waals surface area contributed by atoms with E-state index in [1.165, 1.54) is 5.56 Å². The van der Waals surface area contributed by atoms with Gasteiger partial charge < -0.3 is 9.90 Å². The fourth-order valence-electron chi connectivity index (χ4n) is 2.00. The van der Waals surface area contributed by atoms with E-state index in [-0.39, 0.29) is 5.57 Å². The fourth-order valence-corrected chi connectivity index (χ4v) is 2.40. The van der Waals surface area contributed by atoms with E-state index >= 15 is 0 Å². The molecule has 102 valence electrons. The predicted molar refractivity (Wildman–Crippen MR) is 81.9 cm³/mol. The maximum absolute atomic E-state index is 11.3. The number of hydrogen-bond acceptors (Lipinski definition) is 2. The van der Waals surface area contributed by atoms with Crippen LogP contribution in [0.15, 0.2) is 65.1 Å². The Kier molecular flexibility index (Phi) is 5.13. The van der Waals surface area contributed by atoms with Crippen molar-refractivity contribution in [2.24, 2.45) is 0 Å². The topological polar surface area (TPSA) is 40.1 Å². The Labute approximate surface area is 126 Å². The van der Waals surface area contributed by atoms with Gasteiger partial charge in [-0.15, -0.1) is 0 Å². The highest BCUT2D eigenvalue weighted by Gasteiger charge is 2.03. The minimum atomic E-state index is -1.14. The van der Waals surface area contributed by atoms with Crippen molar-refractivity contribution in [3.63, 3.8) is 0 Å². The molecule has 0 saturated heterocycles. The number of halogens is 1. The van der Waals surface area contributed by atoms with E-state index in [9.17, 15) is 9.90 Å². The van der Waals surface area contributed by atoms with Crippen LogP contribution in [0.2, 0.25) is 0 Å². The zero-order valence-electron chi connectivity index (χ0n) is 10.9. The molecule has 0 aliphatic heterocycles. The number of aryl methyl sites for hydroxylation is 1. The Bertz CT molecular complexity index is 618. The molecule has 0 amide bonds. The number of benzene rings is 2. The van der Waals surface area contributed by atoms with Crippen molar-refractivity contribution in [3.05, 3.63) is 76.3 Å². The molecule has 2 rings (SSSR count). The molecule has 0 fully saturated rings. The van der Waals surface area contributed by atoms with Gasteiger partial charge in [-0.2, -0.15) is 0 Å². The van der Waals surface area contributed by atoms with Gasteiger partial charge in [0, 0.05) is 10.0 Å². The molecule has 2 aromatic rings. The maximum Gasteiger partial charge on any atom is 0.0718 e. The fraction of sp³-hybridized carbons (Fsp3) is 0.118. The van der Waals surface area contributed by atoms with Crippen molar-refractivity contribution in [3.8, 4) is 0 Å². The van der Waals surface area contributed by atoms with Gasteiger partial charge in [-0.25, -0.2) is 0 Å². The molecule has 0 saturated carbocycles. The van der Waals surface area contributed by atoms with Crippen LogP contribution in [-0.2, 0) is 11.2 Å². The van der Waals surface area contributed by atoms with E-state index < -0.39 is 5.97 Å². The molecule has 20 heavy (non-hydrogen) atoms. The highest BCUT2D eigenvalue weighted by Crippen LogP contribution is 2.20. The molecular weight excluding hydrogens is 316 g/mol. The number of carboxylic acid groups (broad SMARTS) is 1. The first-order valence-corrected chi connectivity index (χ1v) is 7.17. The van der Waals surface area contributed by atoms with Crippen LogP contribution >= 0.6 is 15.9 Å². The normalized spacial score (nSPS) is 11.3. The summed E-state index contributed by atoms with van der Waals surface area (Å²) >= 11 is 3.34. The molecule has 0 spiro atoms. The molecule has 0 radical (unpaired) electrons. The Hall–Kier alpha value is -1.87. The maximum atomic E-state index is 11.3. The van der Waals surface area contributed by atoms with Gasteiger partial charge in [0.15, 0.2) is 0 Å². The van der Waals surface area contributed by atoms with Crippen LogP contribution in [0.4, 0.5) is 0 Å². The van der Waals surface area contributed by atoms with Crippen molar-refractivity contribution in [1.29, 1.82) is 0 Å². The molecule has 0 heterocycles. The molecule has 0 aliphatic rings. The van der Waals surface area contributed by atoms with Crippen LogP contribution < -0.4 is 5.11 Å². The first-order chi connectivity index (χ1) is 9.66. The number of hydrogen-bond donors (Lipinski definition) is 0. The third kappa shape index (κ3) is 4.07. The van der Waals surface area contributed by atoms with E-state index in [0.717, 1.165) is 10.9 Å². The SMILES string of the molecule is O=C([O-])/C(=C/CCc1ccccc1)c1cccc(Br)c1. The summed E-state index contributed by atoms with van der Waals surface area (Å²) in [5.41, 5.74) is 2.09. The summed E-state index contributed by atoms with van der Waals surface area (Å²) in [5, 5.41) is 11.3. The van der Waals surface area contributed by atoms with E-state index in [4.69, 9.17) is 0 Å². The average Bonchev–Trinajstić information content (AvgIpc) is 2.44. The Balaban J connectivity index is 2.13. The quantitative estimate of drug-likeness (QED) is 0.790. The molecule has 0 aromatic heterocycles. The number of rotatable bonds is 5. The Morgan fingerprint density at radius 1 is 1.10 bits per heavy atom. The summed E-state index contributed by atoms with van der Waals surface area (Å²) in [7, 11) is 0. The third-order valence-corrected chi connectivity index (χ3v) is 3.47. The van der Waals surface area contributed by atoms with Gasteiger partial charge in [0.1, 0.15) is 0 Å². The van der Waals surface area contributed by atoms with Gasteiger partial charge >= 0.3 is 0 Å². The lowest BCUT2D eigenvalue weighted by Gasteiger charge is -2.09. The third-order valence-electron chi connectivity index (χ3n) is 2.98. The molecule has 0 aliphatic carbocycles. The molecule has 2 aromatic carbocycles. The number of carbonyl (C=O) groups is 1. The summed E-state index contributed by atoms with van der Waals surface area (Å²) in [6.07, 6.45) is 3.20. The Morgan fingerprint density at radius 2 is 1.85 bits per heavy atom. The van der Waals surface area contributed by atoms with Crippen LogP contribution in [0.3, 0.4) is 0 Å². The van der Waals surface area contributed by atoms with E-state index in [1.807, 2.05) is 42.5 Å². The van der Waals surface area contributed by atoms with Crippen LogP contribution in [-0.4, -0.2) is 5.97 Å². The van der Waals surface area contributed by atoms with Gasteiger partial charge in [-0.05, 0) is 36.1 Å². The van der Waals surface area contributed by atoms with Crippen LogP contribution in [0.25, 0.3) is 5.57 Å². The summed E-state index contributed by atoms with van der Waals surface area (Å²) in [4.78, 5) is 11.3. The zero-order chi connectivity index (χ0) is 14.4. The number of carbonyl (C=O) groups excluding carboxylic acids is 1. The van der Waals surface area contributed by atoms with E-state index in [1.54, 1.807) is 18.2 Å². The summed E-state index contributed by atoms with van der Waals surface area (Å²) in [6, 6.07) is 17.2. The minimum Gasteiger partial charge on any atom is -0.545 e. The van der Waals surface area contributed by atoms with Gasteiger partial charge in [-0.3, -0.25) is 0 Å². The van der Waals surface area contributed by atoms with Crippen molar-refractivity contribution in [2.75, 3.05) is 0 Å². The standard InChI is InChI=1S/C17H15BrO2/c18-15-10-5-9-14(12-15)16(17(19)20)11-4-8-13-6-2-1-3-7-13/h1-3,5-7,9-12H,4,8H2,(H,19,20)/p-1/b16-11+. The summed E-state index contributed by atoms with van der Waals surface area (Å²) < 4.78 is 0.852. The number of carboxylic acids is 1. The van der Waals surface area contributed by atoms with Crippen molar-refractivity contribution >= 4 is 27.5 Å². The lowest BCUT2D eigenvalue weighted by molar-refractivity contribution is -0.295. The molecule has 0 bridgehead atoms. The van der Waals surface area contributed by atoms with Gasteiger partial charge in [0.05, 0.1) is 5.97 Å². The van der Waals surface area contributed by atoms with Gasteiger partial charge in [0.2, 0.25) is 0 Å². The highest BCUT2D eigenvalue weighted by atomic mass is 79.9. The van der Waals surface area contributed by atoms with Crippen LogP contribution in [0.1, 0.15) is 17.5 Å². The second-order valence-corrected chi connectivity index (χ2v) is 5.36. The predicted octanol–water partition coefficient (Wildman–Crippen LogP) is 3.22. The summed E-state index contributed by atoms with van der Waals surface area (Å²) in [5.74, 6) is -1.14. The van der Waals surface area contributed by atoms with Crippen molar-refractivity contribution in [2.45, 2.75) is 12.8 Å². The molecule has 2 nitrogen and oxygen atoms in total. The summed E-state index contributed by atoms with van der Waals surface area (Å²) in [6.45, 7) is 0.